The van der Waals surface area contributed by atoms with E-state index in [9.17, 15) is 4.79 Å². The van der Waals surface area contributed by atoms with Crippen molar-refractivity contribution in [1.82, 2.24) is 9.88 Å². The summed E-state index contributed by atoms with van der Waals surface area (Å²) in [5, 5.41) is 2.85. The highest BCUT2D eigenvalue weighted by Gasteiger charge is 2.26. The molecule has 1 aromatic heterocycles. The van der Waals surface area contributed by atoms with Gasteiger partial charge in [-0.1, -0.05) is 0 Å². The van der Waals surface area contributed by atoms with Gasteiger partial charge in [-0.25, -0.2) is 9.78 Å². The van der Waals surface area contributed by atoms with Gasteiger partial charge in [0.2, 0.25) is 0 Å². The molecule has 2 rings (SSSR count). The van der Waals surface area contributed by atoms with E-state index >= 15 is 0 Å². The summed E-state index contributed by atoms with van der Waals surface area (Å²) >= 11 is 0. The van der Waals surface area contributed by atoms with Crippen LogP contribution in [0.2, 0.25) is 0 Å². The molecule has 0 spiro atoms. The topological polar surface area (TPSA) is 54.5 Å². The fourth-order valence-electron chi connectivity index (χ4n) is 2.44. The van der Waals surface area contributed by atoms with Gasteiger partial charge in [0.1, 0.15) is 5.82 Å². The standard InChI is InChI=1S/C14H21N3O2/c1-9-5-10(2)15-13(6-9)16-14(18)17-7-11(3)19-12(4)8-17/h5-6,11-12H,7-8H2,1-4H3,(H,15,16,18)/t11-,12+. The van der Waals surface area contributed by atoms with Crippen molar-refractivity contribution in [3.63, 3.8) is 0 Å². The minimum absolute atomic E-state index is 0.0710. The summed E-state index contributed by atoms with van der Waals surface area (Å²) in [5.74, 6) is 0.606. The fourth-order valence-corrected chi connectivity index (χ4v) is 2.44. The number of ether oxygens (including phenoxy) is 1. The smallest absolute Gasteiger partial charge is 0.323 e. The summed E-state index contributed by atoms with van der Waals surface area (Å²) in [5.41, 5.74) is 1.99. The van der Waals surface area contributed by atoms with Crippen molar-refractivity contribution >= 4 is 11.8 Å². The first kappa shape index (κ1) is 13.8. The van der Waals surface area contributed by atoms with Gasteiger partial charge in [-0.3, -0.25) is 5.32 Å². The number of hydrogen-bond donors (Lipinski definition) is 1. The number of pyridine rings is 1. The highest BCUT2D eigenvalue weighted by atomic mass is 16.5. The van der Waals surface area contributed by atoms with Crippen LogP contribution >= 0.6 is 0 Å². The van der Waals surface area contributed by atoms with E-state index in [0.29, 0.717) is 18.9 Å². The maximum Gasteiger partial charge on any atom is 0.323 e. The van der Waals surface area contributed by atoms with Crippen LogP contribution in [0.3, 0.4) is 0 Å². The van der Waals surface area contributed by atoms with Crippen molar-refractivity contribution < 1.29 is 9.53 Å². The molecule has 1 N–H and O–H groups in total. The molecule has 5 nitrogen and oxygen atoms in total. The molecule has 0 aliphatic carbocycles. The lowest BCUT2D eigenvalue weighted by Gasteiger charge is -2.35. The summed E-state index contributed by atoms with van der Waals surface area (Å²) in [4.78, 5) is 18.3. The maximum atomic E-state index is 12.2. The second-order valence-corrected chi connectivity index (χ2v) is 5.26. The SMILES string of the molecule is Cc1cc(C)nc(NC(=O)N2C[C@@H](C)O[C@@H](C)C2)c1. The highest BCUT2D eigenvalue weighted by molar-refractivity contribution is 5.88. The van der Waals surface area contributed by atoms with E-state index < -0.39 is 0 Å². The van der Waals surface area contributed by atoms with Crippen LogP contribution in [0, 0.1) is 13.8 Å². The Bertz CT molecular complexity index is 446. The molecule has 0 unspecified atom stereocenters. The molecule has 2 amide bonds. The van der Waals surface area contributed by atoms with Crippen molar-refractivity contribution in [2.75, 3.05) is 18.4 Å². The molecule has 19 heavy (non-hydrogen) atoms. The van der Waals surface area contributed by atoms with Gasteiger partial charge in [0.25, 0.3) is 0 Å². The van der Waals surface area contributed by atoms with E-state index in [-0.39, 0.29) is 18.2 Å². The Hall–Kier alpha value is -1.62. The Labute approximate surface area is 114 Å². The summed E-state index contributed by atoms with van der Waals surface area (Å²) in [6.45, 7) is 9.09. The number of aryl methyl sites for hydroxylation is 2. The molecule has 2 atom stereocenters. The zero-order valence-electron chi connectivity index (χ0n) is 11.9. The van der Waals surface area contributed by atoms with E-state index in [1.807, 2.05) is 39.8 Å². The van der Waals surface area contributed by atoms with Crippen LogP contribution in [-0.2, 0) is 4.74 Å². The molecule has 1 aromatic rings. The zero-order chi connectivity index (χ0) is 14.0. The molecule has 0 saturated carbocycles. The van der Waals surface area contributed by atoms with Gasteiger partial charge in [0, 0.05) is 18.8 Å². The van der Waals surface area contributed by atoms with E-state index in [2.05, 4.69) is 10.3 Å². The molecule has 104 valence electrons. The number of anilines is 1. The van der Waals surface area contributed by atoms with Crippen LogP contribution < -0.4 is 5.32 Å². The van der Waals surface area contributed by atoms with E-state index in [4.69, 9.17) is 4.74 Å². The summed E-state index contributed by atoms with van der Waals surface area (Å²) in [7, 11) is 0. The van der Waals surface area contributed by atoms with Gasteiger partial charge < -0.3 is 9.64 Å². The summed E-state index contributed by atoms with van der Waals surface area (Å²) < 4.78 is 5.62. The number of carbonyl (C=O) groups excluding carboxylic acids is 1. The number of hydrogen-bond acceptors (Lipinski definition) is 3. The van der Waals surface area contributed by atoms with E-state index in [0.717, 1.165) is 11.3 Å². The average Bonchev–Trinajstić information content (AvgIpc) is 2.25. The monoisotopic (exact) mass is 263 g/mol. The molecule has 0 bridgehead atoms. The first-order chi connectivity index (χ1) is 8.94. The molecule has 1 aliphatic rings. The first-order valence-electron chi connectivity index (χ1n) is 6.60. The average molecular weight is 263 g/mol. The Kier molecular flexibility index (Phi) is 4.04. The third-order valence-electron chi connectivity index (χ3n) is 3.04. The molecular formula is C14H21N3O2. The molecular weight excluding hydrogens is 242 g/mol. The minimum atomic E-state index is -0.112. The Morgan fingerprint density at radius 3 is 2.53 bits per heavy atom. The second-order valence-electron chi connectivity index (χ2n) is 5.26. The van der Waals surface area contributed by atoms with Gasteiger partial charge in [-0.2, -0.15) is 0 Å². The number of urea groups is 1. The van der Waals surface area contributed by atoms with Crippen LogP contribution in [0.4, 0.5) is 10.6 Å². The predicted octanol–water partition coefficient (Wildman–Crippen LogP) is 2.34. The molecule has 1 saturated heterocycles. The van der Waals surface area contributed by atoms with Gasteiger partial charge >= 0.3 is 6.03 Å². The van der Waals surface area contributed by atoms with E-state index in [1.54, 1.807) is 4.90 Å². The number of amides is 2. The highest BCUT2D eigenvalue weighted by Crippen LogP contribution is 2.14. The normalized spacial score (nSPS) is 23.3. The molecule has 0 aromatic carbocycles. The van der Waals surface area contributed by atoms with Gasteiger partial charge in [-0.05, 0) is 45.4 Å². The minimum Gasteiger partial charge on any atom is -0.372 e. The lowest BCUT2D eigenvalue weighted by atomic mass is 10.2. The molecule has 0 radical (unpaired) electrons. The van der Waals surface area contributed by atoms with Crippen LogP contribution in [0.25, 0.3) is 0 Å². The van der Waals surface area contributed by atoms with E-state index in [1.165, 1.54) is 0 Å². The number of carbonyl (C=O) groups is 1. The molecule has 1 fully saturated rings. The van der Waals surface area contributed by atoms with Crippen molar-refractivity contribution in [3.8, 4) is 0 Å². The zero-order valence-corrected chi connectivity index (χ0v) is 11.9. The number of morpholine rings is 1. The van der Waals surface area contributed by atoms with Gasteiger partial charge in [-0.15, -0.1) is 0 Å². The summed E-state index contributed by atoms with van der Waals surface area (Å²) in [6.07, 6.45) is 0.142. The van der Waals surface area contributed by atoms with Crippen molar-refractivity contribution in [2.45, 2.75) is 39.9 Å². The Morgan fingerprint density at radius 1 is 1.32 bits per heavy atom. The third-order valence-corrected chi connectivity index (χ3v) is 3.04. The van der Waals surface area contributed by atoms with Crippen LogP contribution in [0.5, 0.6) is 0 Å². The van der Waals surface area contributed by atoms with Crippen LogP contribution in [0.1, 0.15) is 25.1 Å². The molecule has 2 heterocycles. The van der Waals surface area contributed by atoms with Crippen LogP contribution in [-0.4, -0.2) is 41.2 Å². The van der Waals surface area contributed by atoms with Gasteiger partial charge in [0.15, 0.2) is 0 Å². The van der Waals surface area contributed by atoms with Crippen molar-refractivity contribution in [1.29, 1.82) is 0 Å². The third kappa shape index (κ3) is 3.67. The predicted molar refractivity (Wildman–Crippen MR) is 74.3 cm³/mol. The lowest BCUT2D eigenvalue weighted by Crippen LogP contribution is -2.49. The lowest BCUT2D eigenvalue weighted by molar-refractivity contribution is -0.0530. The quantitative estimate of drug-likeness (QED) is 0.846. The Morgan fingerprint density at radius 2 is 1.95 bits per heavy atom. The fraction of sp³-hybridized carbons (Fsp3) is 0.571. The van der Waals surface area contributed by atoms with Crippen molar-refractivity contribution in [2.24, 2.45) is 0 Å². The molecule has 1 aliphatic heterocycles. The summed E-state index contributed by atoms with van der Waals surface area (Å²) in [6, 6.07) is 3.74. The van der Waals surface area contributed by atoms with Crippen LogP contribution in [0.15, 0.2) is 12.1 Å². The second kappa shape index (κ2) is 5.57. The number of nitrogens with one attached hydrogen (secondary N) is 1. The maximum absolute atomic E-state index is 12.2. The first-order valence-corrected chi connectivity index (χ1v) is 6.60. The molecule has 5 heteroatoms. The van der Waals surface area contributed by atoms with Gasteiger partial charge in [0.05, 0.1) is 12.2 Å². The Balaban J connectivity index is 2.04. The number of nitrogens with zero attached hydrogens (tertiary/aromatic N) is 2. The van der Waals surface area contributed by atoms with Crippen molar-refractivity contribution in [3.05, 3.63) is 23.4 Å². The number of aromatic nitrogens is 1. The largest absolute Gasteiger partial charge is 0.372 e. The number of rotatable bonds is 1.